The Bertz CT molecular complexity index is 798. The molecule has 1 aromatic carbocycles. The van der Waals surface area contributed by atoms with Gasteiger partial charge in [-0.05, 0) is 56.5 Å². The number of fused-ring (bicyclic) bond motifs is 1. The number of alkyl carbamates (subject to hydrolysis) is 1. The maximum atomic E-state index is 12.2. The van der Waals surface area contributed by atoms with Crippen molar-refractivity contribution in [3.63, 3.8) is 0 Å². The van der Waals surface area contributed by atoms with E-state index in [1.165, 1.54) is 0 Å². The topological polar surface area (TPSA) is 71.8 Å². The highest BCUT2D eigenvalue weighted by Crippen LogP contribution is 2.39. The van der Waals surface area contributed by atoms with Crippen molar-refractivity contribution in [2.24, 2.45) is 0 Å². The SMILES string of the molecule is CC(=O)N1c2ccc(-c3ccoc3)cc2[C@H](NC(=O)OC(C)C)C[C@@H]1C. The minimum absolute atomic E-state index is 0.0157. The lowest BCUT2D eigenvalue weighted by molar-refractivity contribution is -0.117. The lowest BCUT2D eigenvalue weighted by Gasteiger charge is -2.39. The molecule has 138 valence electrons. The van der Waals surface area contributed by atoms with Gasteiger partial charge in [0.25, 0.3) is 0 Å². The third-order valence-electron chi connectivity index (χ3n) is 4.51. The van der Waals surface area contributed by atoms with E-state index in [2.05, 4.69) is 5.32 Å². The Morgan fingerprint density at radius 2 is 2.04 bits per heavy atom. The van der Waals surface area contributed by atoms with E-state index in [-0.39, 0.29) is 24.1 Å². The van der Waals surface area contributed by atoms with Gasteiger partial charge < -0.3 is 19.4 Å². The first-order valence-corrected chi connectivity index (χ1v) is 8.80. The van der Waals surface area contributed by atoms with E-state index < -0.39 is 6.09 Å². The molecule has 2 amide bonds. The molecule has 0 saturated heterocycles. The number of nitrogens with zero attached hydrogens (tertiary/aromatic N) is 1. The summed E-state index contributed by atoms with van der Waals surface area (Å²) in [4.78, 5) is 26.1. The van der Waals surface area contributed by atoms with E-state index in [1.54, 1.807) is 24.3 Å². The van der Waals surface area contributed by atoms with Gasteiger partial charge in [-0.3, -0.25) is 4.79 Å². The fraction of sp³-hybridized carbons (Fsp3) is 0.400. The first-order valence-electron chi connectivity index (χ1n) is 8.80. The van der Waals surface area contributed by atoms with Crippen molar-refractivity contribution in [2.45, 2.75) is 52.3 Å². The van der Waals surface area contributed by atoms with Crippen molar-refractivity contribution < 1.29 is 18.7 Å². The van der Waals surface area contributed by atoms with Gasteiger partial charge in [0.1, 0.15) is 0 Å². The molecular formula is C20H24N2O4. The van der Waals surface area contributed by atoms with Crippen LogP contribution in [0, 0.1) is 0 Å². The van der Waals surface area contributed by atoms with Crippen LogP contribution in [0.4, 0.5) is 10.5 Å². The first-order chi connectivity index (χ1) is 12.4. The van der Waals surface area contributed by atoms with Crippen molar-refractivity contribution in [1.82, 2.24) is 5.32 Å². The predicted octanol–water partition coefficient (Wildman–Crippen LogP) is 4.27. The van der Waals surface area contributed by atoms with E-state index >= 15 is 0 Å². The van der Waals surface area contributed by atoms with Crippen LogP contribution in [0.5, 0.6) is 0 Å². The highest BCUT2D eigenvalue weighted by Gasteiger charge is 2.33. The lowest BCUT2D eigenvalue weighted by Crippen LogP contribution is -2.45. The largest absolute Gasteiger partial charge is 0.472 e. The number of ether oxygens (including phenoxy) is 1. The van der Waals surface area contributed by atoms with Gasteiger partial charge in [0.05, 0.1) is 24.7 Å². The number of rotatable bonds is 3. The van der Waals surface area contributed by atoms with Gasteiger partial charge in [0, 0.05) is 24.2 Å². The van der Waals surface area contributed by atoms with Crippen LogP contribution in [0.15, 0.2) is 41.2 Å². The molecule has 0 saturated carbocycles. The third-order valence-corrected chi connectivity index (χ3v) is 4.51. The van der Waals surface area contributed by atoms with Crippen molar-refractivity contribution in [1.29, 1.82) is 0 Å². The Morgan fingerprint density at radius 3 is 2.65 bits per heavy atom. The maximum absolute atomic E-state index is 12.2. The molecule has 2 heterocycles. The maximum Gasteiger partial charge on any atom is 0.407 e. The predicted molar refractivity (Wildman–Crippen MR) is 98.9 cm³/mol. The smallest absolute Gasteiger partial charge is 0.407 e. The monoisotopic (exact) mass is 356 g/mol. The molecule has 6 heteroatoms. The molecule has 1 aliphatic rings. The molecule has 0 unspecified atom stereocenters. The molecule has 6 nitrogen and oxygen atoms in total. The molecule has 2 atom stereocenters. The summed E-state index contributed by atoms with van der Waals surface area (Å²) in [6.07, 6.45) is 3.27. The molecule has 0 radical (unpaired) electrons. The van der Waals surface area contributed by atoms with Crippen LogP contribution in [0.3, 0.4) is 0 Å². The van der Waals surface area contributed by atoms with Crippen LogP contribution in [0.2, 0.25) is 0 Å². The number of benzene rings is 1. The van der Waals surface area contributed by atoms with Gasteiger partial charge in [-0.2, -0.15) is 0 Å². The minimum atomic E-state index is -0.451. The normalized spacial score (nSPS) is 19.2. The number of nitrogens with one attached hydrogen (secondary N) is 1. The summed E-state index contributed by atoms with van der Waals surface area (Å²) < 4.78 is 10.4. The van der Waals surface area contributed by atoms with Crippen LogP contribution >= 0.6 is 0 Å². The summed E-state index contributed by atoms with van der Waals surface area (Å²) in [6.45, 7) is 7.17. The molecule has 0 aliphatic carbocycles. The molecule has 3 rings (SSSR count). The van der Waals surface area contributed by atoms with E-state index in [9.17, 15) is 9.59 Å². The third kappa shape index (κ3) is 3.59. The van der Waals surface area contributed by atoms with Crippen LogP contribution in [-0.2, 0) is 9.53 Å². The van der Waals surface area contributed by atoms with E-state index in [0.717, 1.165) is 22.4 Å². The van der Waals surface area contributed by atoms with Gasteiger partial charge in [0.15, 0.2) is 0 Å². The molecule has 26 heavy (non-hydrogen) atoms. The molecule has 0 spiro atoms. The summed E-state index contributed by atoms with van der Waals surface area (Å²) >= 11 is 0. The summed E-state index contributed by atoms with van der Waals surface area (Å²) in [6, 6.07) is 7.52. The average Bonchev–Trinajstić information content (AvgIpc) is 3.07. The summed E-state index contributed by atoms with van der Waals surface area (Å²) in [5.74, 6) is -0.0157. The minimum Gasteiger partial charge on any atom is -0.472 e. The van der Waals surface area contributed by atoms with Crippen LogP contribution in [0.25, 0.3) is 11.1 Å². The van der Waals surface area contributed by atoms with Crippen molar-refractivity contribution in [3.05, 3.63) is 42.4 Å². The van der Waals surface area contributed by atoms with Crippen molar-refractivity contribution in [3.8, 4) is 11.1 Å². The second-order valence-electron chi connectivity index (χ2n) is 6.91. The number of hydrogen-bond acceptors (Lipinski definition) is 4. The van der Waals surface area contributed by atoms with Crippen LogP contribution in [-0.4, -0.2) is 24.1 Å². The Kier molecular flexibility index (Phi) is 5.02. The van der Waals surface area contributed by atoms with Crippen LogP contribution < -0.4 is 10.2 Å². The van der Waals surface area contributed by atoms with Gasteiger partial charge in [0.2, 0.25) is 5.91 Å². The first kappa shape index (κ1) is 18.0. The highest BCUT2D eigenvalue weighted by molar-refractivity contribution is 5.94. The zero-order valence-corrected chi connectivity index (χ0v) is 15.5. The van der Waals surface area contributed by atoms with E-state index in [1.807, 2.05) is 45.0 Å². The molecular weight excluding hydrogens is 332 g/mol. The Balaban J connectivity index is 2.00. The standard InChI is InChI=1S/C20H24N2O4/c1-12(2)26-20(24)21-18-9-13(3)22(14(4)23)19-6-5-15(10-17(18)19)16-7-8-25-11-16/h5-8,10-13,18H,9H2,1-4H3,(H,21,24)/t13-,18+/m0/s1. The Hall–Kier alpha value is -2.76. The van der Waals surface area contributed by atoms with Crippen molar-refractivity contribution >= 4 is 17.7 Å². The molecule has 2 aromatic rings. The molecule has 1 aliphatic heterocycles. The number of anilines is 1. The second-order valence-corrected chi connectivity index (χ2v) is 6.91. The van der Waals surface area contributed by atoms with E-state index in [0.29, 0.717) is 6.42 Å². The number of hydrogen-bond donors (Lipinski definition) is 1. The van der Waals surface area contributed by atoms with Crippen LogP contribution in [0.1, 0.15) is 45.7 Å². The summed E-state index contributed by atoms with van der Waals surface area (Å²) in [5, 5.41) is 2.95. The fourth-order valence-electron chi connectivity index (χ4n) is 3.48. The quantitative estimate of drug-likeness (QED) is 0.891. The molecule has 1 N–H and O–H groups in total. The zero-order valence-electron chi connectivity index (χ0n) is 15.5. The highest BCUT2D eigenvalue weighted by atomic mass is 16.6. The summed E-state index contributed by atoms with van der Waals surface area (Å²) in [7, 11) is 0. The fourth-order valence-corrected chi connectivity index (χ4v) is 3.48. The summed E-state index contributed by atoms with van der Waals surface area (Å²) in [5.41, 5.74) is 3.64. The van der Waals surface area contributed by atoms with E-state index in [4.69, 9.17) is 9.15 Å². The molecule has 0 fully saturated rings. The Morgan fingerprint density at radius 1 is 1.27 bits per heavy atom. The zero-order chi connectivity index (χ0) is 18.8. The average molecular weight is 356 g/mol. The van der Waals surface area contributed by atoms with Gasteiger partial charge in [-0.25, -0.2) is 4.79 Å². The molecule has 0 bridgehead atoms. The van der Waals surface area contributed by atoms with Gasteiger partial charge in [-0.1, -0.05) is 6.07 Å². The Labute approximate surface area is 153 Å². The second kappa shape index (κ2) is 7.23. The molecule has 1 aromatic heterocycles. The van der Waals surface area contributed by atoms with Gasteiger partial charge in [-0.15, -0.1) is 0 Å². The van der Waals surface area contributed by atoms with Gasteiger partial charge >= 0.3 is 6.09 Å². The number of furan rings is 1. The number of carbonyl (C=O) groups is 2. The number of amides is 2. The van der Waals surface area contributed by atoms with Crippen molar-refractivity contribution in [2.75, 3.05) is 4.90 Å². The lowest BCUT2D eigenvalue weighted by atomic mass is 9.89. The number of carbonyl (C=O) groups excluding carboxylic acids is 2.